The second-order valence-electron chi connectivity index (χ2n) is 5.50. The molecule has 1 unspecified atom stereocenters. The minimum atomic E-state index is -2.98. The van der Waals surface area contributed by atoms with Crippen LogP contribution in [0.25, 0.3) is 0 Å². The van der Waals surface area contributed by atoms with E-state index in [9.17, 15) is 13.2 Å². The largest absolute Gasteiger partial charge is 0.338 e. The number of nitrogens with one attached hydrogen (secondary N) is 1. The standard InChI is InChI=1S/C15H23N3O3S/c1-2-18(14-8-11-22(20,21)12-14)15(19)17-10-5-7-13-6-3-4-9-16-13/h3-4,6,9,14H,2,5,7-8,10-12H2,1H3,(H,17,19). The summed E-state index contributed by atoms with van der Waals surface area (Å²) in [4.78, 5) is 18.1. The van der Waals surface area contributed by atoms with Crippen molar-refractivity contribution < 1.29 is 13.2 Å². The molecule has 1 atom stereocenters. The van der Waals surface area contributed by atoms with Crippen molar-refractivity contribution in [1.29, 1.82) is 0 Å². The predicted molar refractivity (Wildman–Crippen MR) is 85.4 cm³/mol. The van der Waals surface area contributed by atoms with Gasteiger partial charge >= 0.3 is 6.03 Å². The van der Waals surface area contributed by atoms with E-state index in [0.717, 1.165) is 18.5 Å². The molecule has 22 heavy (non-hydrogen) atoms. The normalized spacial score (nSPS) is 19.8. The molecule has 2 rings (SSSR count). The molecule has 1 aromatic heterocycles. The molecule has 0 aromatic carbocycles. The van der Waals surface area contributed by atoms with Gasteiger partial charge in [0.1, 0.15) is 0 Å². The zero-order valence-corrected chi connectivity index (χ0v) is 13.7. The molecule has 1 aliphatic heterocycles. The van der Waals surface area contributed by atoms with E-state index in [1.807, 2.05) is 25.1 Å². The Bertz CT molecular complexity index is 589. The van der Waals surface area contributed by atoms with Gasteiger partial charge in [-0.05, 0) is 38.3 Å². The molecule has 1 aromatic rings. The average molecular weight is 325 g/mol. The minimum absolute atomic E-state index is 0.0855. The lowest BCUT2D eigenvalue weighted by Gasteiger charge is -2.27. The summed E-state index contributed by atoms with van der Waals surface area (Å²) in [6.45, 7) is 2.95. The second-order valence-corrected chi connectivity index (χ2v) is 7.73. The van der Waals surface area contributed by atoms with Crippen molar-refractivity contribution in [1.82, 2.24) is 15.2 Å². The van der Waals surface area contributed by atoms with Gasteiger partial charge in [0.2, 0.25) is 0 Å². The second kappa shape index (κ2) is 7.58. The quantitative estimate of drug-likeness (QED) is 0.798. The Labute approximate surface area is 131 Å². The monoisotopic (exact) mass is 325 g/mol. The molecule has 1 aliphatic rings. The Morgan fingerprint density at radius 1 is 1.45 bits per heavy atom. The summed E-state index contributed by atoms with van der Waals surface area (Å²) in [7, 11) is -2.98. The van der Waals surface area contributed by atoms with Crippen LogP contribution in [0.3, 0.4) is 0 Å². The highest BCUT2D eigenvalue weighted by Gasteiger charge is 2.33. The molecule has 0 bridgehead atoms. The highest BCUT2D eigenvalue weighted by molar-refractivity contribution is 7.91. The topological polar surface area (TPSA) is 79.4 Å². The Morgan fingerprint density at radius 3 is 2.86 bits per heavy atom. The molecule has 1 N–H and O–H groups in total. The Morgan fingerprint density at radius 2 is 2.27 bits per heavy atom. The van der Waals surface area contributed by atoms with E-state index in [0.29, 0.717) is 19.5 Å². The van der Waals surface area contributed by atoms with Gasteiger partial charge in [0.05, 0.1) is 11.5 Å². The van der Waals surface area contributed by atoms with E-state index in [1.54, 1.807) is 11.1 Å². The number of sulfone groups is 1. The number of hydrogen-bond acceptors (Lipinski definition) is 4. The van der Waals surface area contributed by atoms with Crippen LogP contribution in [0.2, 0.25) is 0 Å². The molecular formula is C15H23N3O3S. The van der Waals surface area contributed by atoms with Gasteiger partial charge in [-0.25, -0.2) is 13.2 Å². The first-order valence-corrected chi connectivity index (χ1v) is 9.49. The van der Waals surface area contributed by atoms with Gasteiger partial charge in [0.25, 0.3) is 0 Å². The third-order valence-corrected chi connectivity index (χ3v) is 5.61. The summed E-state index contributed by atoms with van der Waals surface area (Å²) < 4.78 is 23.1. The van der Waals surface area contributed by atoms with Crippen LogP contribution in [-0.2, 0) is 16.3 Å². The predicted octanol–water partition coefficient (Wildman–Crippen LogP) is 1.23. The molecule has 122 valence electrons. The van der Waals surface area contributed by atoms with Crippen molar-refractivity contribution in [2.24, 2.45) is 0 Å². The fourth-order valence-electron chi connectivity index (χ4n) is 2.70. The lowest BCUT2D eigenvalue weighted by Crippen LogP contribution is -2.46. The number of amides is 2. The van der Waals surface area contributed by atoms with E-state index in [2.05, 4.69) is 10.3 Å². The van der Waals surface area contributed by atoms with E-state index < -0.39 is 9.84 Å². The summed E-state index contributed by atoms with van der Waals surface area (Å²) in [6, 6.07) is 5.42. The maximum absolute atomic E-state index is 12.2. The first kappa shape index (κ1) is 16.7. The van der Waals surface area contributed by atoms with Crippen LogP contribution < -0.4 is 5.32 Å². The SMILES string of the molecule is CCN(C(=O)NCCCc1ccccn1)C1CCS(=O)(=O)C1. The minimum Gasteiger partial charge on any atom is -0.338 e. The number of carbonyl (C=O) groups is 1. The van der Waals surface area contributed by atoms with Crippen LogP contribution in [0.5, 0.6) is 0 Å². The average Bonchev–Trinajstić information content (AvgIpc) is 2.85. The van der Waals surface area contributed by atoms with Gasteiger partial charge in [0.15, 0.2) is 9.84 Å². The summed E-state index contributed by atoms with van der Waals surface area (Å²) in [5.74, 6) is 0.267. The lowest BCUT2D eigenvalue weighted by atomic mass is 10.2. The number of carbonyl (C=O) groups excluding carboxylic acids is 1. The van der Waals surface area contributed by atoms with Crippen LogP contribution in [0.4, 0.5) is 4.79 Å². The van der Waals surface area contributed by atoms with Crippen molar-refractivity contribution in [3.8, 4) is 0 Å². The summed E-state index contributed by atoms with van der Waals surface area (Å²) in [5, 5.41) is 2.87. The van der Waals surface area contributed by atoms with Crippen molar-refractivity contribution in [2.45, 2.75) is 32.2 Å². The van der Waals surface area contributed by atoms with E-state index >= 15 is 0 Å². The summed E-state index contributed by atoms with van der Waals surface area (Å²) in [5.41, 5.74) is 1.01. The van der Waals surface area contributed by atoms with Crippen molar-refractivity contribution in [3.63, 3.8) is 0 Å². The molecule has 0 aliphatic carbocycles. The molecule has 1 fully saturated rings. The summed E-state index contributed by atoms with van der Waals surface area (Å²) >= 11 is 0. The molecule has 1 saturated heterocycles. The molecule has 2 heterocycles. The maximum atomic E-state index is 12.2. The number of pyridine rings is 1. The van der Waals surface area contributed by atoms with Gasteiger partial charge in [-0.1, -0.05) is 6.07 Å². The Hall–Kier alpha value is -1.63. The molecule has 0 spiro atoms. The zero-order valence-electron chi connectivity index (χ0n) is 12.9. The van der Waals surface area contributed by atoms with E-state index in [-0.39, 0.29) is 23.6 Å². The van der Waals surface area contributed by atoms with Crippen LogP contribution in [-0.4, -0.2) is 55.0 Å². The van der Waals surface area contributed by atoms with E-state index in [4.69, 9.17) is 0 Å². The number of rotatable bonds is 6. The molecule has 0 saturated carbocycles. The van der Waals surface area contributed by atoms with Gasteiger partial charge in [-0.15, -0.1) is 0 Å². The number of aryl methyl sites for hydroxylation is 1. The first-order chi connectivity index (χ1) is 10.5. The van der Waals surface area contributed by atoms with Gasteiger partial charge in [-0.2, -0.15) is 0 Å². The van der Waals surface area contributed by atoms with Crippen LogP contribution in [0, 0.1) is 0 Å². The number of aromatic nitrogens is 1. The zero-order chi connectivity index (χ0) is 16.0. The lowest BCUT2D eigenvalue weighted by molar-refractivity contribution is 0.184. The van der Waals surface area contributed by atoms with Crippen LogP contribution >= 0.6 is 0 Å². The number of nitrogens with zero attached hydrogens (tertiary/aromatic N) is 2. The smallest absolute Gasteiger partial charge is 0.317 e. The molecular weight excluding hydrogens is 302 g/mol. The van der Waals surface area contributed by atoms with Gasteiger partial charge in [-0.3, -0.25) is 4.98 Å². The molecule has 7 heteroatoms. The first-order valence-electron chi connectivity index (χ1n) is 7.66. The van der Waals surface area contributed by atoms with Crippen LogP contribution in [0.1, 0.15) is 25.5 Å². The Balaban J connectivity index is 1.75. The van der Waals surface area contributed by atoms with Crippen molar-refractivity contribution in [2.75, 3.05) is 24.6 Å². The van der Waals surface area contributed by atoms with Gasteiger partial charge in [0, 0.05) is 31.0 Å². The molecule has 0 radical (unpaired) electrons. The molecule has 6 nitrogen and oxygen atoms in total. The maximum Gasteiger partial charge on any atom is 0.317 e. The van der Waals surface area contributed by atoms with Crippen molar-refractivity contribution >= 4 is 15.9 Å². The van der Waals surface area contributed by atoms with Crippen molar-refractivity contribution in [3.05, 3.63) is 30.1 Å². The Kier molecular flexibility index (Phi) is 5.76. The number of urea groups is 1. The summed E-state index contributed by atoms with van der Waals surface area (Å²) in [6.07, 6.45) is 3.92. The third-order valence-electron chi connectivity index (χ3n) is 3.86. The van der Waals surface area contributed by atoms with Gasteiger partial charge < -0.3 is 10.2 Å². The van der Waals surface area contributed by atoms with E-state index in [1.165, 1.54) is 0 Å². The third kappa shape index (κ3) is 4.69. The fraction of sp³-hybridized carbons (Fsp3) is 0.600. The highest BCUT2D eigenvalue weighted by atomic mass is 32.2. The van der Waals surface area contributed by atoms with Crippen LogP contribution in [0.15, 0.2) is 24.4 Å². The molecule has 2 amide bonds. The highest BCUT2D eigenvalue weighted by Crippen LogP contribution is 2.17. The number of hydrogen-bond donors (Lipinski definition) is 1. The fourth-order valence-corrected chi connectivity index (χ4v) is 4.43.